The molecule has 3 aromatic rings. The van der Waals surface area contributed by atoms with Crippen LogP contribution in [-0.4, -0.2) is 63.2 Å². The number of esters is 1. The van der Waals surface area contributed by atoms with Gasteiger partial charge in [-0.25, -0.2) is 4.79 Å². The van der Waals surface area contributed by atoms with E-state index < -0.39 is 23.6 Å². The number of ether oxygens (including phenoxy) is 2. The quantitative estimate of drug-likeness (QED) is 0.323. The normalized spacial score (nSPS) is 19.6. The summed E-state index contributed by atoms with van der Waals surface area (Å²) in [6.07, 6.45) is 2.19. The maximum absolute atomic E-state index is 13.2. The fraction of sp³-hybridized carbons (Fsp3) is 0.500. The summed E-state index contributed by atoms with van der Waals surface area (Å²) in [7, 11) is 1.71. The van der Waals surface area contributed by atoms with Crippen LogP contribution >= 0.6 is 0 Å². The average Bonchev–Trinajstić information content (AvgIpc) is 3.20. The summed E-state index contributed by atoms with van der Waals surface area (Å²) in [4.78, 5) is 52.7. The molecule has 10 heteroatoms. The molecule has 2 saturated heterocycles. The number of rotatable bonds is 8. The first-order valence-electron chi connectivity index (χ1n) is 14.6. The first-order valence-corrected chi connectivity index (χ1v) is 14.6. The van der Waals surface area contributed by atoms with E-state index in [0.29, 0.717) is 31.6 Å². The Bertz CT molecular complexity index is 1510. The van der Waals surface area contributed by atoms with Crippen molar-refractivity contribution in [3.8, 4) is 0 Å². The first-order chi connectivity index (χ1) is 20.0. The molecular formula is C32H40N4O6. The third-order valence-electron chi connectivity index (χ3n) is 8.14. The van der Waals surface area contributed by atoms with Gasteiger partial charge in [-0.2, -0.15) is 0 Å². The third kappa shape index (κ3) is 6.50. The number of amides is 2. The number of nitrogens with one attached hydrogen (secondary N) is 1. The van der Waals surface area contributed by atoms with Gasteiger partial charge >= 0.3 is 11.7 Å². The van der Waals surface area contributed by atoms with Crippen LogP contribution in [0.15, 0.2) is 53.3 Å². The number of piperidine rings is 2. The molecule has 2 fully saturated rings. The number of carbonyl (C=O) groups excluding carboxylic acids is 3. The van der Waals surface area contributed by atoms with Crippen molar-refractivity contribution in [2.75, 3.05) is 19.7 Å². The first kappa shape index (κ1) is 29.7. The maximum Gasteiger partial charge on any atom is 0.329 e. The van der Waals surface area contributed by atoms with Crippen LogP contribution in [0.3, 0.4) is 0 Å². The zero-order chi connectivity index (χ0) is 30.0. The lowest BCUT2D eigenvalue weighted by Gasteiger charge is -2.37. The van der Waals surface area contributed by atoms with Gasteiger partial charge in [-0.15, -0.1) is 0 Å². The Morgan fingerprint density at radius 2 is 1.71 bits per heavy atom. The molecule has 2 aromatic carbocycles. The Morgan fingerprint density at radius 3 is 2.38 bits per heavy atom. The predicted octanol–water partition coefficient (Wildman–Crippen LogP) is 3.42. The molecule has 1 aromatic heterocycles. The molecule has 2 atom stereocenters. The van der Waals surface area contributed by atoms with E-state index in [-0.39, 0.29) is 36.5 Å². The fourth-order valence-electron chi connectivity index (χ4n) is 5.96. The van der Waals surface area contributed by atoms with Crippen LogP contribution < -0.4 is 11.0 Å². The Hall–Kier alpha value is -3.76. The number of benzene rings is 2. The van der Waals surface area contributed by atoms with Crippen LogP contribution in [0.4, 0.5) is 0 Å². The summed E-state index contributed by atoms with van der Waals surface area (Å²) in [6, 6.07) is 14.7. The lowest BCUT2D eigenvalue weighted by Crippen LogP contribution is -2.50. The SMILES string of the molecule is Cn1c(=O)n([C@H]2CCC(=O)NC2=O)c2ccc(C3CCN([C@@H](COCc4ccccc4)C(=O)OC(C)(C)C)CC3)cc21. The number of fused-ring (bicyclic) bond motifs is 1. The molecule has 0 unspecified atom stereocenters. The molecule has 224 valence electrons. The minimum absolute atomic E-state index is 0.206. The molecule has 0 bridgehead atoms. The second-order valence-corrected chi connectivity index (χ2v) is 12.3. The number of aromatic nitrogens is 2. The summed E-state index contributed by atoms with van der Waals surface area (Å²) < 4.78 is 14.8. The lowest BCUT2D eigenvalue weighted by molar-refractivity contribution is -0.164. The Morgan fingerprint density at radius 1 is 1.00 bits per heavy atom. The van der Waals surface area contributed by atoms with Crippen LogP contribution in [0.25, 0.3) is 11.0 Å². The number of hydrogen-bond donors (Lipinski definition) is 1. The van der Waals surface area contributed by atoms with Crippen molar-refractivity contribution in [1.82, 2.24) is 19.4 Å². The standard InChI is InChI=1S/C32H40N4O6/c1-32(2,3)42-30(39)27(20-41-19-21-8-6-5-7-9-21)35-16-14-22(15-17-35)23-10-11-24-26(18-23)34(4)31(40)36(24)25-12-13-28(37)33-29(25)38/h5-11,18,22,25,27H,12-17,19-20H2,1-4H3,(H,33,37,38)/t25-,27-/m0/s1. The molecular weight excluding hydrogens is 536 g/mol. The second kappa shape index (κ2) is 12.2. The van der Waals surface area contributed by atoms with Crippen molar-refractivity contribution in [3.63, 3.8) is 0 Å². The van der Waals surface area contributed by atoms with E-state index in [1.807, 2.05) is 69.3 Å². The molecule has 2 aliphatic heterocycles. The monoisotopic (exact) mass is 576 g/mol. The molecule has 0 spiro atoms. The van der Waals surface area contributed by atoms with Gasteiger partial charge in [-0.1, -0.05) is 36.4 Å². The average molecular weight is 577 g/mol. The van der Waals surface area contributed by atoms with Gasteiger partial charge in [0.05, 0.1) is 24.2 Å². The van der Waals surface area contributed by atoms with E-state index in [4.69, 9.17) is 9.47 Å². The molecule has 0 saturated carbocycles. The number of likely N-dealkylation sites (tertiary alicyclic amines) is 1. The molecule has 3 heterocycles. The number of nitrogens with zero attached hydrogens (tertiary/aromatic N) is 3. The number of aryl methyl sites for hydroxylation is 1. The molecule has 2 amide bonds. The van der Waals surface area contributed by atoms with E-state index in [2.05, 4.69) is 10.2 Å². The highest BCUT2D eigenvalue weighted by atomic mass is 16.6. The zero-order valence-electron chi connectivity index (χ0n) is 24.8. The zero-order valence-corrected chi connectivity index (χ0v) is 24.8. The third-order valence-corrected chi connectivity index (χ3v) is 8.14. The highest BCUT2D eigenvalue weighted by Crippen LogP contribution is 2.32. The minimum atomic E-state index is -0.707. The summed E-state index contributed by atoms with van der Waals surface area (Å²) in [5.74, 6) is -0.774. The highest BCUT2D eigenvalue weighted by Gasteiger charge is 2.35. The van der Waals surface area contributed by atoms with Gasteiger partial charge < -0.3 is 9.47 Å². The molecule has 2 aliphatic rings. The van der Waals surface area contributed by atoms with Crippen molar-refractivity contribution >= 4 is 28.8 Å². The van der Waals surface area contributed by atoms with Gasteiger partial charge in [-0.3, -0.25) is 33.7 Å². The largest absolute Gasteiger partial charge is 0.459 e. The van der Waals surface area contributed by atoms with Gasteiger partial charge in [0.2, 0.25) is 11.8 Å². The topological polar surface area (TPSA) is 112 Å². The van der Waals surface area contributed by atoms with Gasteiger partial charge in [0, 0.05) is 13.5 Å². The van der Waals surface area contributed by atoms with Gasteiger partial charge in [-0.05, 0) is 82.3 Å². The van der Waals surface area contributed by atoms with Crippen molar-refractivity contribution in [3.05, 3.63) is 70.1 Å². The lowest BCUT2D eigenvalue weighted by atomic mass is 9.88. The molecule has 0 aliphatic carbocycles. The Balaban J connectivity index is 1.29. The fourth-order valence-corrected chi connectivity index (χ4v) is 5.96. The van der Waals surface area contributed by atoms with Crippen molar-refractivity contribution in [2.45, 2.75) is 76.7 Å². The van der Waals surface area contributed by atoms with Crippen LogP contribution in [0.2, 0.25) is 0 Å². The number of carbonyl (C=O) groups is 3. The molecule has 10 nitrogen and oxygen atoms in total. The van der Waals surface area contributed by atoms with Crippen molar-refractivity contribution in [1.29, 1.82) is 0 Å². The molecule has 5 rings (SSSR count). The maximum atomic E-state index is 13.2. The minimum Gasteiger partial charge on any atom is -0.459 e. The Kier molecular flexibility index (Phi) is 8.65. The predicted molar refractivity (Wildman–Crippen MR) is 158 cm³/mol. The molecule has 42 heavy (non-hydrogen) atoms. The van der Waals surface area contributed by atoms with E-state index in [9.17, 15) is 19.2 Å². The van der Waals surface area contributed by atoms with Gasteiger partial charge in [0.25, 0.3) is 0 Å². The van der Waals surface area contributed by atoms with E-state index in [1.165, 1.54) is 4.57 Å². The van der Waals surface area contributed by atoms with Crippen LogP contribution in [0, 0.1) is 0 Å². The number of imide groups is 1. The van der Waals surface area contributed by atoms with Crippen LogP contribution in [0.5, 0.6) is 0 Å². The van der Waals surface area contributed by atoms with Gasteiger partial charge in [0.15, 0.2) is 0 Å². The summed E-state index contributed by atoms with van der Waals surface area (Å²) in [6.45, 7) is 7.70. The van der Waals surface area contributed by atoms with E-state index in [0.717, 1.165) is 29.5 Å². The number of imidazole rings is 1. The van der Waals surface area contributed by atoms with Crippen molar-refractivity contribution in [2.24, 2.45) is 7.05 Å². The van der Waals surface area contributed by atoms with Crippen molar-refractivity contribution < 1.29 is 23.9 Å². The summed E-state index contributed by atoms with van der Waals surface area (Å²) in [5, 5.41) is 2.35. The number of hydrogen-bond acceptors (Lipinski definition) is 7. The molecule has 1 N–H and O–H groups in total. The van der Waals surface area contributed by atoms with Gasteiger partial charge in [0.1, 0.15) is 17.7 Å². The second-order valence-electron chi connectivity index (χ2n) is 12.3. The van der Waals surface area contributed by atoms with Crippen LogP contribution in [-0.2, 0) is 37.5 Å². The smallest absolute Gasteiger partial charge is 0.329 e. The highest BCUT2D eigenvalue weighted by molar-refractivity contribution is 6.00. The summed E-state index contributed by atoms with van der Waals surface area (Å²) >= 11 is 0. The van der Waals surface area contributed by atoms with E-state index >= 15 is 0 Å². The Labute approximate surface area is 245 Å². The van der Waals surface area contributed by atoms with E-state index in [1.54, 1.807) is 11.6 Å². The summed E-state index contributed by atoms with van der Waals surface area (Å²) in [5.41, 5.74) is 2.73. The molecule has 0 radical (unpaired) electrons. The van der Waals surface area contributed by atoms with Crippen LogP contribution in [0.1, 0.15) is 69.5 Å².